The summed E-state index contributed by atoms with van der Waals surface area (Å²) in [5.41, 5.74) is 2.87. The van der Waals surface area contributed by atoms with Crippen LogP contribution in [0.5, 0.6) is 0 Å². The zero-order valence-corrected chi connectivity index (χ0v) is 16.1. The van der Waals surface area contributed by atoms with Gasteiger partial charge in [0, 0.05) is 22.4 Å². The lowest BCUT2D eigenvalue weighted by Crippen LogP contribution is -2.12. The van der Waals surface area contributed by atoms with Gasteiger partial charge in [0.05, 0.1) is 11.3 Å². The van der Waals surface area contributed by atoms with E-state index in [-0.39, 0.29) is 11.7 Å². The molecule has 0 spiro atoms. The second-order valence-electron chi connectivity index (χ2n) is 6.60. The van der Waals surface area contributed by atoms with Crippen molar-refractivity contribution in [1.29, 1.82) is 0 Å². The van der Waals surface area contributed by atoms with Crippen LogP contribution in [0, 0.1) is 0 Å². The van der Waals surface area contributed by atoms with Crippen LogP contribution >= 0.6 is 11.3 Å². The number of anilines is 1. The lowest BCUT2D eigenvalue weighted by Gasteiger charge is -2.03. The third-order valence-corrected chi connectivity index (χ3v) is 5.84. The van der Waals surface area contributed by atoms with Gasteiger partial charge in [-0.2, -0.15) is 0 Å². The Bertz CT molecular complexity index is 1010. The van der Waals surface area contributed by atoms with Crippen molar-refractivity contribution in [3.05, 3.63) is 57.8 Å². The van der Waals surface area contributed by atoms with Crippen molar-refractivity contribution in [1.82, 2.24) is 4.98 Å². The molecule has 4 rings (SSSR count). The summed E-state index contributed by atoms with van der Waals surface area (Å²) in [5, 5.41) is 3.54. The smallest absolute Gasteiger partial charge is 0.261 e. The van der Waals surface area contributed by atoms with Crippen molar-refractivity contribution >= 4 is 28.2 Å². The molecule has 1 aliphatic rings. The van der Waals surface area contributed by atoms with E-state index >= 15 is 0 Å². The van der Waals surface area contributed by atoms with Crippen molar-refractivity contribution in [2.24, 2.45) is 0 Å². The van der Waals surface area contributed by atoms with E-state index in [1.54, 1.807) is 23.5 Å². The maximum absolute atomic E-state index is 12.8. The summed E-state index contributed by atoms with van der Waals surface area (Å²) < 4.78 is 5.93. The molecule has 0 saturated heterocycles. The van der Waals surface area contributed by atoms with Crippen molar-refractivity contribution in [2.75, 3.05) is 5.32 Å². The molecule has 0 aliphatic heterocycles. The van der Waals surface area contributed by atoms with E-state index in [9.17, 15) is 9.59 Å². The van der Waals surface area contributed by atoms with Crippen molar-refractivity contribution in [3.63, 3.8) is 0 Å². The van der Waals surface area contributed by atoms with Gasteiger partial charge in [-0.15, -0.1) is 11.3 Å². The van der Waals surface area contributed by atoms with Crippen LogP contribution in [-0.4, -0.2) is 16.7 Å². The molecule has 0 atom stereocenters. The number of benzene rings is 1. The summed E-state index contributed by atoms with van der Waals surface area (Å²) in [5.74, 6) is 0.868. The van der Waals surface area contributed by atoms with E-state index in [1.807, 2.05) is 25.1 Å². The van der Waals surface area contributed by atoms with Crippen LogP contribution in [0.2, 0.25) is 0 Å². The summed E-state index contributed by atoms with van der Waals surface area (Å²) >= 11 is 1.55. The maximum atomic E-state index is 12.8. The molecule has 0 unspecified atom stereocenters. The molecule has 5 nitrogen and oxygen atoms in total. The van der Waals surface area contributed by atoms with E-state index in [4.69, 9.17) is 4.42 Å². The van der Waals surface area contributed by atoms with Gasteiger partial charge in [0.1, 0.15) is 11.5 Å². The molecular formula is C21H20N2O3S. The van der Waals surface area contributed by atoms with Gasteiger partial charge >= 0.3 is 0 Å². The monoisotopic (exact) mass is 380 g/mol. The van der Waals surface area contributed by atoms with Gasteiger partial charge in [-0.25, -0.2) is 4.98 Å². The highest BCUT2D eigenvalue weighted by Gasteiger charge is 2.22. The third kappa shape index (κ3) is 3.32. The Morgan fingerprint density at radius 1 is 1.22 bits per heavy atom. The molecule has 0 radical (unpaired) electrons. The molecule has 1 aliphatic carbocycles. The standard InChI is InChI=1S/C21H20N2O3S/c1-3-17-15(20(25)23-21-22-16-9-6-10-19(16)27-21)11-18(26-17)14-8-5-4-7-13(14)12(2)24/h4-5,7-8,11H,3,6,9-10H2,1-2H3,(H,22,23,25). The predicted molar refractivity (Wildman–Crippen MR) is 106 cm³/mol. The highest BCUT2D eigenvalue weighted by Crippen LogP contribution is 2.32. The predicted octanol–water partition coefficient (Wildman–Crippen LogP) is 4.91. The summed E-state index contributed by atoms with van der Waals surface area (Å²) in [6, 6.07) is 8.99. The number of ketones is 1. The zero-order valence-electron chi connectivity index (χ0n) is 15.3. The number of aryl methyl sites for hydroxylation is 3. The Balaban J connectivity index is 1.65. The minimum absolute atomic E-state index is 0.0386. The summed E-state index contributed by atoms with van der Waals surface area (Å²) in [6.45, 7) is 3.46. The van der Waals surface area contributed by atoms with E-state index in [0.717, 1.165) is 25.0 Å². The lowest BCUT2D eigenvalue weighted by molar-refractivity contribution is 0.101. The first-order valence-electron chi connectivity index (χ1n) is 9.09. The topological polar surface area (TPSA) is 72.2 Å². The lowest BCUT2D eigenvalue weighted by atomic mass is 10.0. The Morgan fingerprint density at radius 3 is 2.78 bits per heavy atom. The fraction of sp³-hybridized carbons (Fsp3) is 0.286. The molecular weight excluding hydrogens is 360 g/mol. The average Bonchev–Trinajstić information content (AvgIpc) is 3.35. The van der Waals surface area contributed by atoms with Crippen LogP contribution in [0.4, 0.5) is 5.13 Å². The molecule has 1 N–H and O–H groups in total. The van der Waals surface area contributed by atoms with Gasteiger partial charge in [-0.05, 0) is 32.3 Å². The Kier molecular flexibility index (Phi) is 4.66. The SMILES string of the molecule is CCc1oc(-c2ccccc2C(C)=O)cc1C(=O)Nc1nc2c(s1)CCC2. The summed E-state index contributed by atoms with van der Waals surface area (Å²) in [4.78, 5) is 30.5. The van der Waals surface area contributed by atoms with Crippen molar-refractivity contribution in [2.45, 2.75) is 39.5 Å². The van der Waals surface area contributed by atoms with Gasteiger partial charge in [-0.1, -0.05) is 31.2 Å². The molecule has 2 heterocycles. The van der Waals surface area contributed by atoms with E-state index in [2.05, 4.69) is 10.3 Å². The highest BCUT2D eigenvalue weighted by atomic mass is 32.1. The maximum Gasteiger partial charge on any atom is 0.261 e. The number of hydrogen-bond acceptors (Lipinski definition) is 5. The third-order valence-electron chi connectivity index (χ3n) is 4.76. The number of fused-ring (bicyclic) bond motifs is 1. The minimum atomic E-state index is -0.227. The first kappa shape index (κ1) is 17.7. The Hall–Kier alpha value is -2.73. The molecule has 1 amide bonds. The van der Waals surface area contributed by atoms with Crippen LogP contribution in [0.25, 0.3) is 11.3 Å². The van der Waals surface area contributed by atoms with Crippen molar-refractivity contribution in [3.8, 4) is 11.3 Å². The number of carbonyl (C=O) groups excluding carboxylic acids is 2. The van der Waals surface area contributed by atoms with Crippen LogP contribution in [0.1, 0.15) is 57.3 Å². The number of rotatable bonds is 5. The first-order valence-corrected chi connectivity index (χ1v) is 9.91. The number of nitrogens with one attached hydrogen (secondary N) is 1. The summed E-state index contributed by atoms with van der Waals surface area (Å²) in [6.07, 6.45) is 3.75. The molecule has 3 aromatic rings. The average molecular weight is 380 g/mol. The Labute approximate surface area is 161 Å². The van der Waals surface area contributed by atoms with Crippen LogP contribution < -0.4 is 5.32 Å². The number of furan rings is 1. The quantitative estimate of drug-likeness (QED) is 0.639. The first-order chi connectivity index (χ1) is 13.1. The van der Waals surface area contributed by atoms with E-state index in [0.29, 0.717) is 39.8 Å². The molecule has 1 aromatic carbocycles. The van der Waals surface area contributed by atoms with Gasteiger partial charge < -0.3 is 4.42 Å². The number of thiazole rings is 1. The van der Waals surface area contributed by atoms with Gasteiger partial charge in [0.15, 0.2) is 10.9 Å². The Morgan fingerprint density at radius 2 is 2.04 bits per heavy atom. The number of aromatic nitrogens is 1. The normalized spacial score (nSPS) is 12.8. The molecule has 6 heteroatoms. The number of Topliss-reactive ketones (excluding diaryl/α,β-unsaturated/α-hetero) is 1. The summed E-state index contributed by atoms with van der Waals surface area (Å²) in [7, 11) is 0. The molecule has 0 fully saturated rings. The molecule has 138 valence electrons. The van der Waals surface area contributed by atoms with E-state index < -0.39 is 0 Å². The highest BCUT2D eigenvalue weighted by molar-refractivity contribution is 7.16. The fourth-order valence-electron chi connectivity index (χ4n) is 3.43. The number of hydrogen-bond donors (Lipinski definition) is 1. The molecule has 0 bridgehead atoms. The fourth-order valence-corrected chi connectivity index (χ4v) is 4.47. The molecule has 27 heavy (non-hydrogen) atoms. The number of carbonyl (C=O) groups is 2. The van der Waals surface area contributed by atoms with Gasteiger partial charge in [-0.3, -0.25) is 14.9 Å². The van der Waals surface area contributed by atoms with Gasteiger partial charge in [0.2, 0.25) is 0 Å². The van der Waals surface area contributed by atoms with Crippen LogP contribution in [-0.2, 0) is 19.3 Å². The number of amides is 1. The van der Waals surface area contributed by atoms with Crippen LogP contribution in [0.15, 0.2) is 34.7 Å². The zero-order chi connectivity index (χ0) is 19.0. The molecule has 0 saturated carbocycles. The second-order valence-corrected chi connectivity index (χ2v) is 7.68. The number of nitrogens with zero attached hydrogens (tertiary/aromatic N) is 1. The van der Waals surface area contributed by atoms with Gasteiger partial charge in [0.25, 0.3) is 5.91 Å². The van der Waals surface area contributed by atoms with E-state index in [1.165, 1.54) is 11.8 Å². The minimum Gasteiger partial charge on any atom is -0.460 e. The van der Waals surface area contributed by atoms with Crippen LogP contribution in [0.3, 0.4) is 0 Å². The van der Waals surface area contributed by atoms with Crippen molar-refractivity contribution < 1.29 is 14.0 Å². The second kappa shape index (κ2) is 7.12. The molecule has 2 aromatic heterocycles. The largest absolute Gasteiger partial charge is 0.460 e.